The van der Waals surface area contributed by atoms with E-state index in [1.807, 2.05) is 0 Å². The van der Waals surface area contributed by atoms with Gasteiger partial charge in [-0.15, -0.1) is 0 Å². The van der Waals surface area contributed by atoms with Crippen molar-refractivity contribution in [2.45, 2.75) is 30.6 Å². The van der Waals surface area contributed by atoms with E-state index in [1.165, 1.54) is 0 Å². The fraction of sp³-hybridized carbons (Fsp3) is 1.00. The minimum atomic E-state index is -1.06. The van der Waals surface area contributed by atoms with Crippen molar-refractivity contribution in [1.82, 2.24) is 4.90 Å². The molecule has 4 nitrogen and oxygen atoms in total. The molecule has 3 N–H and O–H groups in total. The van der Waals surface area contributed by atoms with Gasteiger partial charge in [0.2, 0.25) is 0 Å². The van der Waals surface area contributed by atoms with E-state index >= 15 is 0 Å². The van der Waals surface area contributed by atoms with Crippen molar-refractivity contribution < 1.29 is 15.3 Å². The largest absolute Gasteiger partial charge is 0.393 e. The molecule has 2 aliphatic heterocycles. The zero-order valence-electron chi connectivity index (χ0n) is 6.98. The molecule has 0 aromatic heterocycles. The summed E-state index contributed by atoms with van der Waals surface area (Å²) in [4.78, 5) is 2.06. The predicted molar refractivity (Wildman–Crippen MR) is 42.6 cm³/mol. The Balaban J connectivity index is 2.19. The van der Waals surface area contributed by atoms with Gasteiger partial charge in [0.1, 0.15) is 5.60 Å². The molecule has 0 aromatic carbocycles. The van der Waals surface area contributed by atoms with E-state index in [2.05, 4.69) is 4.90 Å². The molecule has 0 radical (unpaired) electrons. The van der Waals surface area contributed by atoms with Crippen LogP contribution in [0.25, 0.3) is 0 Å². The Kier molecular flexibility index (Phi) is 1.88. The minimum Gasteiger partial charge on any atom is -0.393 e. The first-order valence-electron chi connectivity index (χ1n) is 4.43. The van der Waals surface area contributed by atoms with Gasteiger partial charge in [-0.05, 0) is 12.8 Å². The van der Waals surface area contributed by atoms with Crippen LogP contribution in [0.3, 0.4) is 0 Å². The lowest BCUT2D eigenvalue weighted by molar-refractivity contribution is -0.0623. The lowest BCUT2D eigenvalue weighted by Crippen LogP contribution is -2.49. The van der Waals surface area contributed by atoms with Gasteiger partial charge in [-0.1, -0.05) is 0 Å². The molecule has 3 unspecified atom stereocenters. The number of aliphatic hydroxyl groups is 3. The van der Waals surface area contributed by atoms with Crippen molar-refractivity contribution >= 4 is 0 Å². The molecule has 12 heavy (non-hydrogen) atoms. The summed E-state index contributed by atoms with van der Waals surface area (Å²) in [5, 5.41) is 28.4. The van der Waals surface area contributed by atoms with Crippen molar-refractivity contribution in [2.75, 3.05) is 19.7 Å². The number of rotatable bonds is 1. The van der Waals surface area contributed by atoms with Gasteiger partial charge in [-0.2, -0.15) is 0 Å². The van der Waals surface area contributed by atoms with Crippen LogP contribution >= 0.6 is 0 Å². The van der Waals surface area contributed by atoms with Gasteiger partial charge >= 0.3 is 0 Å². The van der Waals surface area contributed by atoms with E-state index in [9.17, 15) is 10.2 Å². The molecule has 2 aliphatic rings. The fourth-order valence-electron chi connectivity index (χ4n) is 2.44. The zero-order chi connectivity index (χ0) is 8.77. The van der Waals surface area contributed by atoms with Crippen LogP contribution in [0.4, 0.5) is 0 Å². The van der Waals surface area contributed by atoms with Gasteiger partial charge in [-0.25, -0.2) is 0 Å². The van der Waals surface area contributed by atoms with Crippen LogP contribution in [0.1, 0.15) is 12.8 Å². The first kappa shape index (κ1) is 8.44. The molecular weight excluding hydrogens is 158 g/mol. The lowest BCUT2D eigenvalue weighted by atomic mass is 9.92. The van der Waals surface area contributed by atoms with Crippen molar-refractivity contribution in [3.05, 3.63) is 0 Å². The van der Waals surface area contributed by atoms with Crippen LogP contribution < -0.4 is 0 Å². The minimum absolute atomic E-state index is 0.234. The van der Waals surface area contributed by atoms with Gasteiger partial charge in [0.25, 0.3) is 0 Å². The number of aliphatic hydroxyl groups excluding tert-OH is 2. The van der Waals surface area contributed by atoms with Crippen LogP contribution in [-0.2, 0) is 0 Å². The molecule has 0 amide bonds. The average molecular weight is 173 g/mol. The lowest BCUT2D eigenvalue weighted by Gasteiger charge is -2.29. The van der Waals surface area contributed by atoms with Gasteiger partial charge in [-0.3, -0.25) is 4.90 Å². The summed E-state index contributed by atoms with van der Waals surface area (Å²) < 4.78 is 0. The molecule has 3 atom stereocenters. The van der Waals surface area contributed by atoms with E-state index in [1.54, 1.807) is 0 Å². The van der Waals surface area contributed by atoms with Crippen LogP contribution in [-0.4, -0.2) is 57.7 Å². The molecule has 0 aliphatic carbocycles. The molecule has 2 rings (SSSR count). The summed E-state index contributed by atoms with van der Waals surface area (Å²) in [6, 6.07) is -0.234. The third-order valence-corrected chi connectivity index (χ3v) is 3.13. The standard InChI is InChI=1S/C8H15NO3/c10-5-8(12)2-4-9-3-1-6(11)7(8)9/h6-7,10-12H,1-5H2. The Morgan fingerprint density at radius 2 is 2.17 bits per heavy atom. The Bertz CT molecular complexity index is 187. The number of hydrogen-bond acceptors (Lipinski definition) is 4. The van der Waals surface area contributed by atoms with Crippen molar-refractivity contribution in [3.63, 3.8) is 0 Å². The Labute approximate surface area is 71.4 Å². The summed E-state index contributed by atoms with van der Waals surface area (Å²) in [6.45, 7) is 1.39. The highest BCUT2D eigenvalue weighted by molar-refractivity contribution is 5.06. The van der Waals surface area contributed by atoms with Crippen LogP contribution in [0.2, 0.25) is 0 Å². The van der Waals surface area contributed by atoms with Crippen molar-refractivity contribution in [3.8, 4) is 0 Å². The Hall–Kier alpha value is -0.160. The van der Waals surface area contributed by atoms with E-state index in [-0.39, 0.29) is 12.6 Å². The molecule has 0 spiro atoms. The van der Waals surface area contributed by atoms with Gasteiger partial charge in [0, 0.05) is 13.1 Å². The number of nitrogens with zero attached hydrogens (tertiary/aromatic N) is 1. The second-order valence-corrected chi connectivity index (χ2v) is 3.85. The second kappa shape index (κ2) is 2.67. The quantitative estimate of drug-likeness (QED) is 0.454. The van der Waals surface area contributed by atoms with Gasteiger partial charge in [0.15, 0.2) is 0 Å². The van der Waals surface area contributed by atoms with Crippen LogP contribution in [0, 0.1) is 0 Å². The summed E-state index contributed by atoms with van der Waals surface area (Å²) in [7, 11) is 0. The maximum Gasteiger partial charge on any atom is 0.107 e. The molecular formula is C8H15NO3. The highest BCUT2D eigenvalue weighted by atomic mass is 16.3. The van der Waals surface area contributed by atoms with E-state index in [4.69, 9.17) is 5.11 Å². The van der Waals surface area contributed by atoms with Crippen LogP contribution in [0.15, 0.2) is 0 Å². The summed E-state index contributed by atoms with van der Waals surface area (Å²) in [6.07, 6.45) is 0.822. The van der Waals surface area contributed by atoms with E-state index < -0.39 is 11.7 Å². The molecule has 0 bridgehead atoms. The van der Waals surface area contributed by atoms with Gasteiger partial charge < -0.3 is 15.3 Å². The third-order valence-electron chi connectivity index (χ3n) is 3.13. The van der Waals surface area contributed by atoms with E-state index in [0.29, 0.717) is 12.8 Å². The third kappa shape index (κ3) is 0.992. The highest BCUT2D eigenvalue weighted by Crippen LogP contribution is 2.35. The van der Waals surface area contributed by atoms with Crippen LogP contribution in [0.5, 0.6) is 0 Å². The fourth-order valence-corrected chi connectivity index (χ4v) is 2.44. The predicted octanol–water partition coefficient (Wildman–Crippen LogP) is -1.45. The molecule has 2 saturated heterocycles. The Morgan fingerprint density at radius 1 is 1.42 bits per heavy atom. The number of fused-ring (bicyclic) bond motifs is 1. The SMILES string of the molecule is OCC1(O)CCN2CCC(O)C21. The zero-order valence-corrected chi connectivity index (χ0v) is 6.98. The molecule has 2 heterocycles. The first-order valence-corrected chi connectivity index (χ1v) is 4.43. The Morgan fingerprint density at radius 3 is 2.83 bits per heavy atom. The smallest absolute Gasteiger partial charge is 0.107 e. The molecule has 70 valence electrons. The maximum atomic E-state index is 9.89. The molecule has 2 fully saturated rings. The topological polar surface area (TPSA) is 63.9 Å². The highest BCUT2D eigenvalue weighted by Gasteiger charge is 2.51. The molecule has 0 saturated carbocycles. The summed E-state index contributed by atoms with van der Waals surface area (Å²) >= 11 is 0. The summed E-state index contributed by atoms with van der Waals surface area (Å²) in [5.74, 6) is 0. The molecule has 0 aromatic rings. The maximum absolute atomic E-state index is 9.89. The monoisotopic (exact) mass is 173 g/mol. The average Bonchev–Trinajstić information content (AvgIpc) is 2.57. The number of hydrogen-bond donors (Lipinski definition) is 3. The van der Waals surface area contributed by atoms with Gasteiger partial charge in [0.05, 0.1) is 18.8 Å². The van der Waals surface area contributed by atoms with E-state index in [0.717, 1.165) is 13.1 Å². The summed E-state index contributed by atoms with van der Waals surface area (Å²) in [5.41, 5.74) is -1.06. The van der Waals surface area contributed by atoms with Crippen molar-refractivity contribution in [1.29, 1.82) is 0 Å². The normalized spacial score (nSPS) is 48.2. The second-order valence-electron chi connectivity index (χ2n) is 3.85. The first-order chi connectivity index (χ1) is 5.67. The van der Waals surface area contributed by atoms with Crippen molar-refractivity contribution in [2.24, 2.45) is 0 Å². The molecule has 4 heteroatoms.